The Bertz CT molecular complexity index is 787. The molecule has 0 saturated carbocycles. The number of para-hydroxylation sites is 1. The van der Waals surface area contributed by atoms with E-state index in [1.807, 2.05) is 54.6 Å². The third-order valence-corrected chi connectivity index (χ3v) is 3.95. The number of carbonyl (C=O) groups excluding carboxylic acids is 1. The van der Waals surface area contributed by atoms with Crippen LogP contribution in [0.25, 0.3) is 11.4 Å². The van der Waals surface area contributed by atoms with Crippen molar-refractivity contribution in [3.8, 4) is 11.4 Å². The molecule has 0 aliphatic heterocycles. The largest absolute Gasteiger partial charge is 0.324 e. The minimum absolute atomic E-state index is 0.0577. The van der Waals surface area contributed by atoms with Crippen LogP contribution in [-0.2, 0) is 11.3 Å². The van der Waals surface area contributed by atoms with E-state index >= 15 is 0 Å². The van der Waals surface area contributed by atoms with Crippen LogP contribution in [-0.4, -0.2) is 26.1 Å². The third kappa shape index (κ3) is 3.30. The molecule has 1 heterocycles. The van der Waals surface area contributed by atoms with Gasteiger partial charge in [0.1, 0.15) is 6.54 Å². The van der Waals surface area contributed by atoms with Gasteiger partial charge in [-0.05, 0) is 45.2 Å². The molecule has 7 heteroatoms. The lowest BCUT2D eigenvalue weighted by atomic mass is 10.2. The number of tetrazole rings is 1. The summed E-state index contributed by atoms with van der Waals surface area (Å²) in [4.78, 5) is 12.2. The van der Waals surface area contributed by atoms with Crippen LogP contribution in [0.3, 0.4) is 0 Å². The zero-order valence-corrected chi connectivity index (χ0v) is 13.6. The van der Waals surface area contributed by atoms with Crippen LogP contribution in [0.1, 0.15) is 0 Å². The highest BCUT2D eigenvalue weighted by Crippen LogP contribution is 2.18. The molecule has 0 radical (unpaired) electrons. The minimum atomic E-state index is -0.173. The fourth-order valence-electron chi connectivity index (χ4n) is 1.99. The molecule has 0 spiro atoms. The Morgan fingerprint density at radius 2 is 1.82 bits per heavy atom. The monoisotopic (exact) mass is 405 g/mol. The Balaban J connectivity index is 1.76. The van der Waals surface area contributed by atoms with Crippen LogP contribution in [0.15, 0.2) is 54.6 Å². The number of nitrogens with zero attached hydrogens (tertiary/aromatic N) is 4. The molecule has 1 N–H and O–H groups in total. The second-order valence-corrected chi connectivity index (χ2v) is 5.72. The van der Waals surface area contributed by atoms with E-state index < -0.39 is 0 Å². The summed E-state index contributed by atoms with van der Waals surface area (Å²) in [6.07, 6.45) is 0. The summed E-state index contributed by atoms with van der Waals surface area (Å²) in [5.41, 5.74) is 1.65. The minimum Gasteiger partial charge on any atom is -0.324 e. The second kappa shape index (κ2) is 6.65. The highest BCUT2D eigenvalue weighted by molar-refractivity contribution is 14.1. The molecule has 22 heavy (non-hydrogen) atoms. The van der Waals surface area contributed by atoms with E-state index in [-0.39, 0.29) is 12.5 Å². The molecule has 6 nitrogen and oxygen atoms in total. The zero-order chi connectivity index (χ0) is 15.4. The van der Waals surface area contributed by atoms with Crippen molar-refractivity contribution in [2.24, 2.45) is 0 Å². The first kappa shape index (κ1) is 14.6. The van der Waals surface area contributed by atoms with Crippen LogP contribution < -0.4 is 5.32 Å². The lowest BCUT2D eigenvalue weighted by Crippen LogP contribution is -2.20. The number of halogens is 1. The molecule has 0 unspecified atom stereocenters. The summed E-state index contributed by atoms with van der Waals surface area (Å²) in [5.74, 6) is 0.395. The second-order valence-electron chi connectivity index (χ2n) is 4.55. The van der Waals surface area contributed by atoms with Crippen molar-refractivity contribution in [3.05, 3.63) is 58.2 Å². The number of hydrogen-bond donors (Lipinski definition) is 1. The summed E-state index contributed by atoms with van der Waals surface area (Å²) in [6, 6.07) is 17.1. The van der Waals surface area contributed by atoms with Gasteiger partial charge in [-0.1, -0.05) is 42.5 Å². The van der Waals surface area contributed by atoms with E-state index in [1.54, 1.807) is 0 Å². The van der Waals surface area contributed by atoms with Crippen molar-refractivity contribution in [1.82, 2.24) is 20.2 Å². The SMILES string of the molecule is O=C(Cn1nnnc1-c1ccccc1)Nc1ccccc1I. The number of benzene rings is 2. The highest BCUT2D eigenvalue weighted by Gasteiger charge is 2.12. The standard InChI is InChI=1S/C15H12IN5O/c16-12-8-4-5-9-13(12)17-14(22)10-21-15(18-19-20-21)11-6-2-1-3-7-11/h1-9H,10H2,(H,17,22). The van der Waals surface area contributed by atoms with Crippen LogP contribution >= 0.6 is 22.6 Å². The van der Waals surface area contributed by atoms with Gasteiger partial charge in [0.2, 0.25) is 5.91 Å². The predicted molar refractivity (Wildman–Crippen MR) is 91.0 cm³/mol. The number of nitrogens with one attached hydrogen (secondary N) is 1. The molecule has 0 fully saturated rings. The Hall–Kier alpha value is -2.29. The first-order valence-electron chi connectivity index (χ1n) is 6.60. The van der Waals surface area contributed by atoms with E-state index in [1.165, 1.54) is 4.68 Å². The number of rotatable bonds is 4. The average Bonchev–Trinajstić information content (AvgIpc) is 2.98. The maximum Gasteiger partial charge on any atom is 0.246 e. The van der Waals surface area contributed by atoms with Gasteiger partial charge in [-0.3, -0.25) is 4.79 Å². The molecular weight excluding hydrogens is 393 g/mol. The van der Waals surface area contributed by atoms with Gasteiger partial charge in [0.05, 0.1) is 5.69 Å². The molecular formula is C15H12IN5O. The molecule has 0 aliphatic carbocycles. The fourth-order valence-corrected chi connectivity index (χ4v) is 2.52. The van der Waals surface area contributed by atoms with Crippen LogP contribution in [0.5, 0.6) is 0 Å². The molecule has 1 aromatic heterocycles. The Morgan fingerprint density at radius 1 is 1.09 bits per heavy atom. The van der Waals surface area contributed by atoms with Gasteiger partial charge >= 0.3 is 0 Å². The third-order valence-electron chi connectivity index (χ3n) is 3.01. The van der Waals surface area contributed by atoms with Gasteiger partial charge in [0.25, 0.3) is 0 Å². The molecule has 1 amide bonds. The van der Waals surface area contributed by atoms with E-state index in [0.29, 0.717) is 5.82 Å². The molecule has 2 aromatic carbocycles. The van der Waals surface area contributed by atoms with Crippen LogP contribution in [0, 0.1) is 3.57 Å². The van der Waals surface area contributed by atoms with E-state index in [4.69, 9.17) is 0 Å². The summed E-state index contributed by atoms with van der Waals surface area (Å²) in [5, 5.41) is 14.4. The number of anilines is 1. The van der Waals surface area contributed by atoms with E-state index in [0.717, 1.165) is 14.8 Å². The first-order chi connectivity index (χ1) is 10.7. The van der Waals surface area contributed by atoms with Crippen molar-refractivity contribution >= 4 is 34.2 Å². The van der Waals surface area contributed by atoms with Gasteiger partial charge in [0, 0.05) is 9.13 Å². The van der Waals surface area contributed by atoms with Gasteiger partial charge in [0.15, 0.2) is 5.82 Å². The van der Waals surface area contributed by atoms with Crippen LogP contribution in [0.4, 0.5) is 5.69 Å². The molecule has 0 bridgehead atoms. The summed E-state index contributed by atoms with van der Waals surface area (Å²) in [7, 11) is 0. The maximum absolute atomic E-state index is 12.2. The van der Waals surface area contributed by atoms with E-state index in [9.17, 15) is 4.79 Å². The molecule has 110 valence electrons. The fraction of sp³-hybridized carbons (Fsp3) is 0.0667. The van der Waals surface area contributed by atoms with Gasteiger partial charge < -0.3 is 5.32 Å². The molecule has 3 rings (SSSR count). The molecule has 0 saturated heterocycles. The number of hydrogen-bond acceptors (Lipinski definition) is 4. The van der Waals surface area contributed by atoms with Gasteiger partial charge in [-0.25, -0.2) is 4.68 Å². The van der Waals surface area contributed by atoms with Crippen molar-refractivity contribution in [1.29, 1.82) is 0 Å². The summed E-state index contributed by atoms with van der Waals surface area (Å²) >= 11 is 2.18. The van der Waals surface area contributed by atoms with Crippen LogP contribution in [0.2, 0.25) is 0 Å². The highest BCUT2D eigenvalue weighted by atomic mass is 127. The number of aromatic nitrogens is 4. The van der Waals surface area contributed by atoms with Crippen molar-refractivity contribution < 1.29 is 4.79 Å². The average molecular weight is 405 g/mol. The summed E-state index contributed by atoms with van der Waals surface area (Å²) < 4.78 is 2.47. The first-order valence-corrected chi connectivity index (χ1v) is 7.68. The Kier molecular flexibility index (Phi) is 4.42. The number of carbonyl (C=O) groups is 1. The Morgan fingerprint density at radius 3 is 2.59 bits per heavy atom. The maximum atomic E-state index is 12.2. The number of amides is 1. The smallest absolute Gasteiger partial charge is 0.246 e. The van der Waals surface area contributed by atoms with Crippen molar-refractivity contribution in [2.75, 3.05) is 5.32 Å². The molecule has 0 aliphatic rings. The van der Waals surface area contributed by atoms with Crippen molar-refractivity contribution in [2.45, 2.75) is 6.54 Å². The molecule has 0 atom stereocenters. The quantitative estimate of drug-likeness (QED) is 0.678. The van der Waals surface area contributed by atoms with E-state index in [2.05, 4.69) is 43.4 Å². The molecule has 3 aromatic rings. The lowest BCUT2D eigenvalue weighted by molar-refractivity contribution is -0.116. The lowest BCUT2D eigenvalue weighted by Gasteiger charge is -2.08. The van der Waals surface area contributed by atoms with Crippen molar-refractivity contribution in [3.63, 3.8) is 0 Å². The van der Waals surface area contributed by atoms with Gasteiger partial charge in [-0.15, -0.1) is 5.10 Å². The van der Waals surface area contributed by atoms with Gasteiger partial charge in [-0.2, -0.15) is 0 Å². The normalized spacial score (nSPS) is 10.4. The summed E-state index contributed by atoms with van der Waals surface area (Å²) in [6.45, 7) is 0.0577. The topological polar surface area (TPSA) is 72.7 Å². The zero-order valence-electron chi connectivity index (χ0n) is 11.5. The predicted octanol–water partition coefficient (Wildman–Crippen LogP) is 2.58. The Labute approximate surface area is 140 Å².